The van der Waals surface area contributed by atoms with Gasteiger partial charge in [0.25, 0.3) is 5.91 Å². The van der Waals surface area contributed by atoms with Crippen LogP contribution >= 0.6 is 0 Å². The second-order valence-electron chi connectivity index (χ2n) is 7.20. The van der Waals surface area contributed by atoms with Crippen molar-refractivity contribution in [1.29, 1.82) is 0 Å². The molecule has 2 N–H and O–H groups in total. The van der Waals surface area contributed by atoms with Crippen molar-refractivity contribution in [1.82, 2.24) is 14.8 Å². The van der Waals surface area contributed by atoms with Gasteiger partial charge in [-0.3, -0.25) is 4.79 Å². The molecule has 0 aliphatic carbocycles. The largest absolute Gasteiger partial charge is 1.00 e. The Hall–Kier alpha value is -2.34. The smallest absolute Gasteiger partial charge is 0.270 e. The molecule has 3 aromatic rings. The number of aliphatic hydroxyl groups excluding tert-OH is 1. The molecule has 2 heterocycles. The maximum absolute atomic E-state index is 12.8. The van der Waals surface area contributed by atoms with Crippen molar-refractivity contribution in [3.8, 4) is 0 Å². The Morgan fingerprint density at radius 3 is 2.61 bits per heavy atom. The van der Waals surface area contributed by atoms with E-state index in [0.29, 0.717) is 19.6 Å². The summed E-state index contributed by atoms with van der Waals surface area (Å²) >= 11 is 0. The summed E-state index contributed by atoms with van der Waals surface area (Å²) in [7, 11) is 1.84. The van der Waals surface area contributed by atoms with Crippen molar-refractivity contribution < 1.29 is 22.3 Å². The minimum Gasteiger partial charge on any atom is -1.00 e. The highest BCUT2D eigenvalue weighted by Gasteiger charge is 2.29. The lowest BCUT2D eigenvalue weighted by Gasteiger charge is -2.25. The summed E-state index contributed by atoms with van der Waals surface area (Å²) in [6.45, 7) is 2.32. The Labute approximate surface area is 171 Å². The first kappa shape index (κ1) is 20.4. The van der Waals surface area contributed by atoms with Crippen molar-refractivity contribution in [3.63, 3.8) is 0 Å². The number of nitrogens with zero attached hydrogens (tertiary/aromatic N) is 2. The predicted octanol–water partition coefficient (Wildman–Crippen LogP) is -0.576. The van der Waals surface area contributed by atoms with E-state index in [2.05, 4.69) is 23.5 Å². The van der Waals surface area contributed by atoms with E-state index in [0.717, 1.165) is 35.1 Å². The van der Waals surface area contributed by atoms with E-state index in [1.165, 1.54) is 5.56 Å². The number of likely N-dealkylation sites (N-methyl/N-ethyl adjacent to an activating group) is 1. The number of aromatic nitrogens is 1. The lowest BCUT2D eigenvalue weighted by molar-refractivity contribution is -0.0000175. The zero-order valence-electron chi connectivity index (χ0n) is 15.9. The van der Waals surface area contributed by atoms with Crippen LogP contribution in [0.2, 0.25) is 0 Å². The van der Waals surface area contributed by atoms with Crippen LogP contribution < -0.4 is 17.7 Å². The normalized spacial score (nSPS) is 14.6. The molecule has 1 unspecified atom stereocenters. The fourth-order valence-electron chi connectivity index (χ4n) is 3.88. The maximum atomic E-state index is 12.8. The van der Waals surface area contributed by atoms with Crippen LogP contribution in [-0.2, 0) is 19.5 Å². The average molecular weight is 399 g/mol. The molecule has 1 amide bonds. The van der Waals surface area contributed by atoms with E-state index < -0.39 is 6.10 Å². The van der Waals surface area contributed by atoms with Crippen molar-refractivity contribution in [2.75, 3.05) is 20.1 Å². The van der Waals surface area contributed by atoms with Gasteiger partial charge >= 0.3 is 0 Å². The summed E-state index contributed by atoms with van der Waals surface area (Å²) in [5.41, 5.74) is 4.05. The first-order valence-electron chi connectivity index (χ1n) is 9.43. The third kappa shape index (κ3) is 3.92. The number of hydrogen-bond acceptors (Lipinski definition) is 3. The summed E-state index contributed by atoms with van der Waals surface area (Å²) in [6, 6.07) is 18.2. The molecule has 0 saturated heterocycles. The van der Waals surface area contributed by atoms with E-state index in [1.807, 2.05) is 48.0 Å². The van der Waals surface area contributed by atoms with E-state index in [1.54, 1.807) is 4.90 Å². The van der Waals surface area contributed by atoms with Gasteiger partial charge < -0.3 is 32.3 Å². The molecule has 0 bridgehead atoms. The van der Waals surface area contributed by atoms with Crippen LogP contribution in [0.4, 0.5) is 0 Å². The van der Waals surface area contributed by atoms with E-state index in [9.17, 15) is 9.90 Å². The molecule has 0 radical (unpaired) electrons. The highest BCUT2D eigenvalue weighted by molar-refractivity contribution is 6.02. The average Bonchev–Trinajstić information content (AvgIpc) is 3.00. The molecule has 0 fully saturated rings. The first-order chi connectivity index (χ1) is 13.1. The minimum absolute atomic E-state index is 0. The van der Waals surface area contributed by atoms with Gasteiger partial charge in [-0.1, -0.05) is 48.5 Å². The Kier molecular flexibility index (Phi) is 6.39. The van der Waals surface area contributed by atoms with Gasteiger partial charge in [-0.25, -0.2) is 0 Å². The summed E-state index contributed by atoms with van der Waals surface area (Å²) in [5.74, 6) is 0.0388. The summed E-state index contributed by atoms with van der Waals surface area (Å²) in [4.78, 5) is 14.6. The number of benzene rings is 2. The van der Waals surface area contributed by atoms with E-state index in [-0.39, 0.29) is 18.3 Å². The van der Waals surface area contributed by atoms with Crippen LogP contribution in [0.5, 0.6) is 0 Å². The van der Waals surface area contributed by atoms with Gasteiger partial charge in [0.1, 0.15) is 5.69 Å². The van der Waals surface area contributed by atoms with Crippen LogP contribution in [0.15, 0.2) is 54.6 Å². The quantitative estimate of drug-likeness (QED) is 0.584. The number of para-hydroxylation sites is 1. The number of aliphatic hydroxyl groups is 1. The van der Waals surface area contributed by atoms with Gasteiger partial charge in [0.05, 0.1) is 12.6 Å². The number of fused-ring (bicyclic) bond motifs is 3. The summed E-state index contributed by atoms with van der Waals surface area (Å²) < 4.78 is 2.00. The highest BCUT2D eigenvalue weighted by atomic mass is 35.5. The highest BCUT2D eigenvalue weighted by Crippen LogP contribution is 2.30. The molecule has 28 heavy (non-hydrogen) atoms. The molecule has 5 nitrogen and oxygen atoms in total. The van der Waals surface area contributed by atoms with Crippen molar-refractivity contribution in [2.45, 2.75) is 25.6 Å². The number of hydrogen-bond donors (Lipinski definition) is 2. The lowest BCUT2D eigenvalue weighted by atomic mass is 10.0. The summed E-state index contributed by atoms with van der Waals surface area (Å²) in [5, 5.41) is 15.0. The molecule has 1 aliphatic heterocycles. The van der Waals surface area contributed by atoms with Crippen LogP contribution in [0.1, 0.15) is 21.6 Å². The van der Waals surface area contributed by atoms with Gasteiger partial charge in [-0.05, 0) is 23.6 Å². The standard InChI is InChI=1S/C22H25N3O2.ClH/c1-24-12-11-19-18-9-5-6-10-20(18)25(21(19)22(24)27)15-17(26)14-23-13-16-7-3-2-4-8-16;/h2-10,17,23,26H,11-15H2,1H3;1H/p-1. The molecule has 0 spiro atoms. The molecule has 1 aromatic heterocycles. The third-order valence-electron chi connectivity index (χ3n) is 5.27. The van der Waals surface area contributed by atoms with Crippen molar-refractivity contribution in [3.05, 3.63) is 71.4 Å². The minimum atomic E-state index is -0.575. The SMILES string of the molecule is CN1CCc2c(n(CC(O)CNCc3ccccc3)c3ccccc23)C1=O.[Cl-]. The molecule has 1 aliphatic rings. The molecular weight excluding hydrogens is 374 g/mol. The molecule has 2 aromatic carbocycles. The second-order valence-corrected chi connectivity index (χ2v) is 7.20. The lowest BCUT2D eigenvalue weighted by Crippen LogP contribution is -3.00. The summed E-state index contributed by atoms with van der Waals surface area (Å²) in [6.07, 6.45) is 0.279. The molecule has 1 atom stereocenters. The van der Waals surface area contributed by atoms with Gasteiger partial charge in [0.15, 0.2) is 0 Å². The fourth-order valence-corrected chi connectivity index (χ4v) is 3.88. The Balaban J connectivity index is 0.00000225. The van der Waals surface area contributed by atoms with Gasteiger partial charge in [-0.15, -0.1) is 0 Å². The number of nitrogens with one attached hydrogen (secondary N) is 1. The topological polar surface area (TPSA) is 57.5 Å². The number of amides is 1. The second kappa shape index (κ2) is 8.78. The molecular formula is C22H25ClN3O2-. The third-order valence-corrected chi connectivity index (χ3v) is 5.27. The maximum Gasteiger partial charge on any atom is 0.270 e. The van der Waals surface area contributed by atoms with Crippen LogP contribution in [-0.4, -0.2) is 46.7 Å². The molecule has 6 heteroatoms. The van der Waals surface area contributed by atoms with Crippen molar-refractivity contribution >= 4 is 16.8 Å². The molecule has 148 valence electrons. The predicted molar refractivity (Wildman–Crippen MR) is 107 cm³/mol. The number of rotatable bonds is 6. The Morgan fingerprint density at radius 1 is 1.11 bits per heavy atom. The van der Waals surface area contributed by atoms with Gasteiger partial charge in [0.2, 0.25) is 0 Å². The molecule has 4 rings (SSSR count). The first-order valence-corrected chi connectivity index (χ1v) is 9.43. The molecule has 0 saturated carbocycles. The van der Waals surface area contributed by atoms with Crippen molar-refractivity contribution in [2.24, 2.45) is 0 Å². The Morgan fingerprint density at radius 2 is 1.82 bits per heavy atom. The Bertz CT molecular complexity index is 955. The van der Waals surface area contributed by atoms with Gasteiger partial charge in [-0.2, -0.15) is 0 Å². The van der Waals surface area contributed by atoms with E-state index >= 15 is 0 Å². The number of carbonyl (C=O) groups excluding carboxylic acids is 1. The monoisotopic (exact) mass is 398 g/mol. The zero-order valence-corrected chi connectivity index (χ0v) is 16.7. The van der Waals surface area contributed by atoms with Crippen LogP contribution in [0.3, 0.4) is 0 Å². The number of carbonyl (C=O) groups is 1. The fraction of sp³-hybridized carbons (Fsp3) is 0.318. The van der Waals surface area contributed by atoms with Crippen LogP contribution in [0, 0.1) is 0 Å². The zero-order chi connectivity index (χ0) is 18.8. The van der Waals surface area contributed by atoms with Gasteiger partial charge in [0, 0.05) is 37.6 Å². The van der Waals surface area contributed by atoms with Crippen LogP contribution in [0.25, 0.3) is 10.9 Å². The number of halogens is 1. The van der Waals surface area contributed by atoms with E-state index in [4.69, 9.17) is 0 Å².